The third kappa shape index (κ3) is 4.91. The van der Waals surface area contributed by atoms with Crippen molar-refractivity contribution in [2.75, 3.05) is 58.4 Å². The first-order chi connectivity index (χ1) is 19.9. The predicted octanol–water partition coefficient (Wildman–Crippen LogP) is 5.38. The van der Waals surface area contributed by atoms with E-state index in [1.807, 2.05) is 48.6 Å². The van der Waals surface area contributed by atoms with Gasteiger partial charge in [-0.2, -0.15) is 0 Å². The van der Waals surface area contributed by atoms with Crippen LogP contribution in [0.5, 0.6) is 0 Å². The summed E-state index contributed by atoms with van der Waals surface area (Å²) in [6.45, 7) is 7.91. The third-order valence-electron chi connectivity index (χ3n) is 9.31. The Labute approximate surface area is 242 Å². The molecule has 41 heavy (non-hydrogen) atoms. The van der Waals surface area contributed by atoms with E-state index >= 15 is 0 Å². The Morgan fingerprint density at radius 1 is 1.10 bits per heavy atom. The van der Waals surface area contributed by atoms with Crippen molar-refractivity contribution < 1.29 is 9.53 Å². The zero-order valence-corrected chi connectivity index (χ0v) is 24.3. The average Bonchev–Trinajstić information content (AvgIpc) is 3.66. The Kier molecular flexibility index (Phi) is 6.79. The van der Waals surface area contributed by atoms with Gasteiger partial charge < -0.3 is 24.4 Å². The normalized spacial score (nSPS) is 20.7. The number of hydrogen-bond donors (Lipinski definition) is 1. The van der Waals surface area contributed by atoms with Crippen LogP contribution in [0, 0.1) is 12.8 Å². The number of pyridine rings is 1. The van der Waals surface area contributed by atoms with Gasteiger partial charge in [0.15, 0.2) is 0 Å². The number of piperazine rings is 1. The Morgan fingerprint density at radius 2 is 1.95 bits per heavy atom. The lowest BCUT2D eigenvalue weighted by atomic mass is 9.89. The fourth-order valence-electron chi connectivity index (χ4n) is 7.11. The Hall–Kier alpha value is -3.68. The quantitative estimate of drug-likeness (QED) is 0.362. The summed E-state index contributed by atoms with van der Waals surface area (Å²) in [5.74, 6) is 0.482. The van der Waals surface area contributed by atoms with Crippen molar-refractivity contribution in [2.45, 2.75) is 32.2 Å². The van der Waals surface area contributed by atoms with Crippen LogP contribution in [0.4, 0.5) is 5.69 Å². The van der Waals surface area contributed by atoms with Crippen LogP contribution in [0.3, 0.4) is 0 Å². The van der Waals surface area contributed by atoms with Crippen molar-refractivity contribution in [3.8, 4) is 22.3 Å². The standard InChI is InChI=1S/C34H39N5O2/c1-22-14-27(15-26-8-9-29-20-37(2)11-12-39(29)32(22)26)28-16-30-31(18-36-33(30)35-17-28)24-4-6-25(7-5-24)34(40)38(3)19-23-10-13-41-21-23/h4-7,14-18,23,29H,8-13,19-21H2,1-3H3,(H,35,36)/t23-,29-/m1/s1. The fourth-order valence-corrected chi connectivity index (χ4v) is 7.11. The summed E-state index contributed by atoms with van der Waals surface area (Å²) in [7, 11) is 4.12. The van der Waals surface area contributed by atoms with Crippen molar-refractivity contribution in [2.24, 2.45) is 5.92 Å². The molecule has 0 saturated carbocycles. The molecule has 2 saturated heterocycles. The van der Waals surface area contributed by atoms with Gasteiger partial charge in [0.2, 0.25) is 0 Å². The maximum Gasteiger partial charge on any atom is 0.253 e. The van der Waals surface area contributed by atoms with Gasteiger partial charge in [-0.3, -0.25) is 4.79 Å². The van der Waals surface area contributed by atoms with Gasteiger partial charge in [0.1, 0.15) is 5.65 Å². The van der Waals surface area contributed by atoms with Crippen molar-refractivity contribution in [3.63, 3.8) is 0 Å². The number of aryl methyl sites for hydroxylation is 2. The van der Waals surface area contributed by atoms with Gasteiger partial charge in [-0.1, -0.05) is 12.1 Å². The van der Waals surface area contributed by atoms with Crippen molar-refractivity contribution in [1.29, 1.82) is 0 Å². The lowest BCUT2D eigenvalue weighted by Gasteiger charge is -2.46. The highest BCUT2D eigenvalue weighted by atomic mass is 16.5. The monoisotopic (exact) mass is 549 g/mol. The molecular weight excluding hydrogens is 510 g/mol. The lowest BCUT2D eigenvalue weighted by Crippen LogP contribution is -2.54. The van der Waals surface area contributed by atoms with Crippen LogP contribution >= 0.6 is 0 Å². The number of fused-ring (bicyclic) bond motifs is 4. The molecule has 0 unspecified atom stereocenters. The van der Waals surface area contributed by atoms with E-state index in [9.17, 15) is 4.79 Å². The molecule has 0 radical (unpaired) electrons. The molecule has 7 nitrogen and oxygen atoms in total. The molecule has 2 atom stereocenters. The number of amides is 1. The SMILES string of the molecule is Cc1cc(-c2cnc3[nH]cc(-c4ccc(C(=O)N(C)C[C@H]5CCOC5)cc4)c3c2)cc2c1N1CCN(C)C[C@H]1CC2. The second-order valence-electron chi connectivity index (χ2n) is 12.3. The number of aromatic nitrogens is 2. The van der Waals surface area contributed by atoms with Gasteiger partial charge in [0, 0.05) is 92.0 Å². The van der Waals surface area contributed by atoms with Gasteiger partial charge in [-0.25, -0.2) is 4.98 Å². The smallest absolute Gasteiger partial charge is 0.253 e. The van der Waals surface area contributed by atoms with E-state index in [0.29, 0.717) is 17.5 Å². The number of rotatable bonds is 5. The van der Waals surface area contributed by atoms with Crippen molar-refractivity contribution >= 4 is 22.6 Å². The number of benzene rings is 2. The molecule has 0 aliphatic carbocycles. The molecule has 1 amide bonds. The van der Waals surface area contributed by atoms with Crippen molar-refractivity contribution in [1.82, 2.24) is 19.8 Å². The number of nitrogens with one attached hydrogen (secondary N) is 1. The van der Waals surface area contributed by atoms with Gasteiger partial charge in [0.05, 0.1) is 6.61 Å². The average molecular weight is 550 g/mol. The molecule has 2 aromatic heterocycles. The first kappa shape index (κ1) is 26.2. The molecule has 0 spiro atoms. The minimum atomic E-state index is 0.0528. The minimum absolute atomic E-state index is 0.0528. The first-order valence-corrected chi connectivity index (χ1v) is 14.9. The minimum Gasteiger partial charge on any atom is -0.381 e. The first-order valence-electron chi connectivity index (χ1n) is 14.9. The van der Waals surface area contributed by atoms with Gasteiger partial charge >= 0.3 is 0 Å². The molecule has 5 heterocycles. The molecule has 3 aliphatic rings. The van der Waals surface area contributed by atoms with Crippen LogP contribution in [-0.4, -0.2) is 85.2 Å². The van der Waals surface area contributed by atoms with Crippen LogP contribution < -0.4 is 4.90 Å². The van der Waals surface area contributed by atoms with E-state index in [0.717, 1.165) is 80.0 Å². The summed E-state index contributed by atoms with van der Waals surface area (Å²) in [6, 6.07) is 15.6. The summed E-state index contributed by atoms with van der Waals surface area (Å²) in [4.78, 5) is 28.1. The van der Waals surface area contributed by atoms with Gasteiger partial charge in [-0.05, 0) is 85.8 Å². The Balaban J connectivity index is 1.15. The lowest BCUT2D eigenvalue weighted by molar-refractivity contribution is 0.0766. The van der Waals surface area contributed by atoms with Gasteiger partial charge in [0.25, 0.3) is 5.91 Å². The number of carbonyl (C=O) groups is 1. The summed E-state index contributed by atoms with van der Waals surface area (Å²) in [5.41, 5.74) is 10.4. The van der Waals surface area contributed by atoms with Crippen LogP contribution in [0.2, 0.25) is 0 Å². The number of H-pyrrole nitrogens is 1. The summed E-state index contributed by atoms with van der Waals surface area (Å²) >= 11 is 0. The second kappa shape index (κ2) is 10.6. The highest BCUT2D eigenvalue weighted by Crippen LogP contribution is 2.39. The van der Waals surface area contributed by atoms with Crippen molar-refractivity contribution in [3.05, 3.63) is 71.5 Å². The van der Waals surface area contributed by atoms with E-state index in [-0.39, 0.29) is 5.91 Å². The fraction of sp³-hybridized carbons (Fsp3) is 0.412. The zero-order valence-electron chi connectivity index (χ0n) is 24.3. The van der Waals surface area contributed by atoms with E-state index in [2.05, 4.69) is 47.0 Å². The predicted molar refractivity (Wildman–Crippen MR) is 165 cm³/mol. The highest BCUT2D eigenvalue weighted by Gasteiger charge is 2.31. The van der Waals surface area contributed by atoms with E-state index in [1.165, 1.54) is 28.8 Å². The number of nitrogens with zero attached hydrogens (tertiary/aromatic N) is 4. The highest BCUT2D eigenvalue weighted by molar-refractivity contribution is 5.98. The molecule has 1 N–H and O–H groups in total. The van der Waals surface area contributed by atoms with Crippen LogP contribution in [0.15, 0.2) is 54.9 Å². The molecule has 2 aromatic carbocycles. The number of ether oxygens (including phenoxy) is 1. The Bertz CT molecular complexity index is 1590. The number of hydrogen-bond acceptors (Lipinski definition) is 5. The Morgan fingerprint density at radius 3 is 2.76 bits per heavy atom. The summed E-state index contributed by atoms with van der Waals surface area (Å²) in [5, 5.41) is 1.09. The summed E-state index contributed by atoms with van der Waals surface area (Å²) < 4.78 is 5.48. The summed E-state index contributed by atoms with van der Waals surface area (Å²) in [6.07, 6.45) is 7.37. The molecule has 4 aromatic rings. The van der Waals surface area contributed by atoms with Gasteiger partial charge in [-0.15, -0.1) is 0 Å². The van der Waals surface area contributed by atoms with E-state index in [4.69, 9.17) is 9.72 Å². The molecule has 3 aliphatic heterocycles. The maximum atomic E-state index is 13.0. The molecule has 2 fully saturated rings. The molecule has 0 bridgehead atoms. The third-order valence-corrected chi connectivity index (χ3v) is 9.31. The number of carbonyl (C=O) groups excluding carboxylic acids is 1. The maximum absolute atomic E-state index is 13.0. The van der Waals surface area contributed by atoms with E-state index < -0.39 is 0 Å². The second-order valence-corrected chi connectivity index (χ2v) is 12.3. The topological polar surface area (TPSA) is 64.7 Å². The van der Waals surface area contributed by atoms with Crippen LogP contribution in [-0.2, 0) is 11.2 Å². The molecule has 7 rings (SSSR count). The number of anilines is 1. The zero-order chi connectivity index (χ0) is 28.1. The number of aromatic amines is 1. The van der Waals surface area contributed by atoms with E-state index in [1.54, 1.807) is 0 Å². The number of likely N-dealkylation sites (N-methyl/N-ethyl adjacent to an activating group) is 1. The van der Waals surface area contributed by atoms with Crippen LogP contribution in [0.25, 0.3) is 33.3 Å². The van der Waals surface area contributed by atoms with Crippen LogP contribution in [0.1, 0.15) is 34.3 Å². The molecular formula is C34H39N5O2. The largest absolute Gasteiger partial charge is 0.381 e. The molecule has 212 valence electrons. The molecule has 7 heteroatoms.